The van der Waals surface area contributed by atoms with Crippen molar-refractivity contribution in [1.29, 1.82) is 5.26 Å². The first-order chi connectivity index (χ1) is 15.2. The Balaban J connectivity index is 2.03. The molecule has 0 spiro atoms. The molecule has 0 aliphatic rings. The molecule has 4 heteroatoms. The van der Waals surface area contributed by atoms with E-state index < -0.39 is 0 Å². The fourth-order valence-corrected chi connectivity index (χ4v) is 3.48. The third kappa shape index (κ3) is 5.78. The Labute approximate surface area is 188 Å². The van der Waals surface area contributed by atoms with Crippen LogP contribution in [0.25, 0.3) is 11.6 Å². The molecule has 3 aromatic carbocycles. The van der Waals surface area contributed by atoms with Gasteiger partial charge in [0, 0.05) is 16.1 Å². The molecule has 0 aliphatic heterocycles. The molecule has 0 aromatic heterocycles. The smallest absolute Gasteiger partial charge is 0.165 e. The van der Waals surface area contributed by atoms with Crippen molar-refractivity contribution >= 4 is 23.3 Å². The molecule has 3 rings (SSSR count). The number of rotatable bonds is 9. The van der Waals surface area contributed by atoms with Gasteiger partial charge in [-0.15, -0.1) is 6.58 Å². The molecule has 156 valence electrons. The highest BCUT2D eigenvalue weighted by atomic mass is 35.5. The minimum Gasteiger partial charge on any atom is -0.490 e. The maximum absolute atomic E-state index is 9.73. The standard InChI is InChI=1S/C27H24ClNO2/c1-3-10-22-15-21(16-23(18-29)24-13-8-9-14-25(24)28)17-26(30-4-2)27(22)31-19-20-11-6-5-7-12-20/h3,5-9,11-17H,1,4,10,19H2,2H3. The Hall–Kier alpha value is -3.48. The summed E-state index contributed by atoms with van der Waals surface area (Å²) in [7, 11) is 0. The Bertz CT molecular complexity index is 1110. The predicted octanol–water partition coefficient (Wildman–Crippen LogP) is 7.11. The number of hydrogen-bond acceptors (Lipinski definition) is 3. The highest BCUT2D eigenvalue weighted by Crippen LogP contribution is 2.36. The summed E-state index contributed by atoms with van der Waals surface area (Å²) in [4.78, 5) is 0. The molecule has 0 amide bonds. The van der Waals surface area contributed by atoms with Crippen LogP contribution in [-0.4, -0.2) is 6.61 Å². The van der Waals surface area contributed by atoms with Gasteiger partial charge < -0.3 is 9.47 Å². The summed E-state index contributed by atoms with van der Waals surface area (Å²) in [5.74, 6) is 1.33. The van der Waals surface area contributed by atoms with Gasteiger partial charge in [0.15, 0.2) is 11.5 Å². The van der Waals surface area contributed by atoms with Gasteiger partial charge in [-0.2, -0.15) is 5.26 Å². The molecule has 0 saturated carbocycles. The lowest BCUT2D eigenvalue weighted by atomic mass is 10.0. The van der Waals surface area contributed by atoms with Gasteiger partial charge >= 0.3 is 0 Å². The largest absolute Gasteiger partial charge is 0.490 e. The molecule has 0 N–H and O–H groups in total. The molecule has 0 aliphatic carbocycles. The van der Waals surface area contributed by atoms with E-state index in [0.717, 1.165) is 16.7 Å². The minimum atomic E-state index is 0.434. The Morgan fingerprint density at radius 2 is 1.81 bits per heavy atom. The van der Waals surface area contributed by atoms with E-state index in [1.807, 2.05) is 79.7 Å². The SMILES string of the molecule is C=CCc1cc(C=C(C#N)c2ccccc2Cl)cc(OCC)c1OCc1ccccc1. The molecule has 0 saturated heterocycles. The van der Waals surface area contributed by atoms with Crippen LogP contribution in [0.3, 0.4) is 0 Å². The molecule has 0 unspecified atom stereocenters. The lowest BCUT2D eigenvalue weighted by Gasteiger charge is -2.17. The van der Waals surface area contributed by atoms with Crippen molar-refractivity contribution < 1.29 is 9.47 Å². The average Bonchev–Trinajstić information content (AvgIpc) is 2.78. The second-order valence-electron chi connectivity index (χ2n) is 6.86. The zero-order valence-electron chi connectivity index (χ0n) is 17.5. The molecule has 0 fully saturated rings. The van der Waals surface area contributed by atoms with E-state index in [1.54, 1.807) is 6.07 Å². The molecule has 3 aromatic rings. The Morgan fingerprint density at radius 3 is 2.48 bits per heavy atom. The van der Waals surface area contributed by atoms with Crippen molar-refractivity contribution in [2.75, 3.05) is 6.61 Å². The number of nitriles is 1. The van der Waals surface area contributed by atoms with Gasteiger partial charge in [-0.3, -0.25) is 0 Å². The molecule has 0 radical (unpaired) electrons. The minimum absolute atomic E-state index is 0.434. The van der Waals surface area contributed by atoms with E-state index in [-0.39, 0.29) is 0 Å². The van der Waals surface area contributed by atoms with Crippen LogP contribution in [0, 0.1) is 11.3 Å². The quantitative estimate of drug-likeness (QED) is 0.207. The third-order valence-corrected chi connectivity index (χ3v) is 4.97. The number of allylic oxidation sites excluding steroid dienone is 2. The van der Waals surface area contributed by atoms with Gasteiger partial charge in [0.25, 0.3) is 0 Å². The van der Waals surface area contributed by atoms with E-state index in [2.05, 4.69) is 12.6 Å². The van der Waals surface area contributed by atoms with Crippen LogP contribution >= 0.6 is 11.6 Å². The van der Waals surface area contributed by atoms with Gasteiger partial charge in [-0.25, -0.2) is 0 Å². The Kier molecular flexibility index (Phi) is 7.92. The second kappa shape index (κ2) is 11.1. The number of benzene rings is 3. The third-order valence-electron chi connectivity index (χ3n) is 4.64. The molecule has 0 bridgehead atoms. The normalized spacial score (nSPS) is 10.9. The zero-order valence-corrected chi connectivity index (χ0v) is 18.2. The summed E-state index contributed by atoms with van der Waals surface area (Å²) in [5, 5.41) is 10.3. The van der Waals surface area contributed by atoms with Crippen molar-refractivity contribution in [1.82, 2.24) is 0 Å². The molecule has 0 heterocycles. The lowest BCUT2D eigenvalue weighted by Crippen LogP contribution is -2.03. The number of halogens is 1. The summed E-state index contributed by atoms with van der Waals surface area (Å²) in [6.07, 6.45) is 4.25. The van der Waals surface area contributed by atoms with Crippen LogP contribution in [0.15, 0.2) is 79.4 Å². The van der Waals surface area contributed by atoms with Crippen LogP contribution in [0.5, 0.6) is 11.5 Å². The summed E-state index contributed by atoms with van der Waals surface area (Å²) < 4.78 is 12.1. The van der Waals surface area contributed by atoms with Crippen LogP contribution in [0.2, 0.25) is 5.02 Å². The monoisotopic (exact) mass is 429 g/mol. The molecule has 31 heavy (non-hydrogen) atoms. The van der Waals surface area contributed by atoms with Gasteiger partial charge in [0.2, 0.25) is 0 Å². The maximum Gasteiger partial charge on any atom is 0.165 e. The summed E-state index contributed by atoms with van der Waals surface area (Å²) in [6, 6.07) is 23.5. The second-order valence-corrected chi connectivity index (χ2v) is 7.26. The van der Waals surface area contributed by atoms with Crippen molar-refractivity contribution in [3.8, 4) is 17.6 Å². The van der Waals surface area contributed by atoms with Gasteiger partial charge in [0.1, 0.15) is 6.61 Å². The van der Waals surface area contributed by atoms with Crippen molar-refractivity contribution in [3.05, 3.63) is 107 Å². The van der Waals surface area contributed by atoms with Crippen LogP contribution in [0.1, 0.15) is 29.2 Å². The molecule has 3 nitrogen and oxygen atoms in total. The Morgan fingerprint density at radius 1 is 1.06 bits per heavy atom. The van der Waals surface area contributed by atoms with Gasteiger partial charge in [-0.1, -0.05) is 66.2 Å². The summed E-state index contributed by atoms with van der Waals surface area (Å²) >= 11 is 6.30. The van der Waals surface area contributed by atoms with Crippen molar-refractivity contribution in [2.24, 2.45) is 0 Å². The zero-order chi connectivity index (χ0) is 22.1. The number of ether oxygens (including phenoxy) is 2. The fraction of sp³-hybridized carbons (Fsp3) is 0.148. The first kappa shape index (κ1) is 22.2. The van der Waals surface area contributed by atoms with Crippen LogP contribution < -0.4 is 9.47 Å². The van der Waals surface area contributed by atoms with Gasteiger partial charge in [0.05, 0.1) is 18.2 Å². The molecular formula is C27H24ClNO2. The van der Waals surface area contributed by atoms with Crippen LogP contribution in [0.4, 0.5) is 0 Å². The van der Waals surface area contributed by atoms with E-state index in [0.29, 0.717) is 47.3 Å². The van der Waals surface area contributed by atoms with E-state index in [1.165, 1.54) is 0 Å². The first-order valence-electron chi connectivity index (χ1n) is 10.1. The van der Waals surface area contributed by atoms with Gasteiger partial charge in [-0.05, 0) is 48.7 Å². The predicted molar refractivity (Wildman–Crippen MR) is 127 cm³/mol. The lowest BCUT2D eigenvalue weighted by molar-refractivity contribution is 0.267. The van der Waals surface area contributed by atoms with Crippen LogP contribution in [-0.2, 0) is 13.0 Å². The molecule has 0 atom stereocenters. The van der Waals surface area contributed by atoms with Crippen molar-refractivity contribution in [3.63, 3.8) is 0 Å². The highest BCUT2D eigenvalue weighted by molar-refractivity contribution is 6.32. The fourth-order valence-electron chi connectivity index (χ4n) is 3.25. The number of hydrogen-bond donors (Lipinski definition) is 0. The topological polar surface area (TPSA) is 42.2 Å². The summed E-state index contributed by atoms with van der Waals surface area (Å²) in [5.41, 5.74) is 4.03. The first-order valence-corrected chi connectivity index (χ1v) is 10.5. The van der Waals surface area contributed by atoms with E-state index >= 15 is 0 Å². The molecular weight excluding hydrogens is 406 g/mol. The average molecular weight is 430 g/mol. The maximum atomic E-state index is 9.73. The highest BCUT2D eigenvalue weighted by Gasteiger charge is 2.14. The van der Waals surface area contributed by atoms with E-state index in [9.17, 15) is 5.26 Å². The van der Waals surface area contributed by atoms with Crippen molar-refractivity contribution in [2.45, 2.75) is 20.0 Å². The van der Waals surface area contributed by atoms with E-state index in [4.69, 9.17) is 21.1 Å². The summed E-state index contributed by atoms with van der Waals surface area (Å²) in [6.45, 7) is 6.74. The number of nitrogens with zero attached hydrogens (tertiary/aromatic N) is 1.